The van der Waals surface area contributed by atoms with Gasteiger partial charge < -0.3 is 10.0 Å². The molecule has 4 rings (SSSR count). The zero-order valence-electron chi connectivity index (χ0n) is 13.5. The first kappa shape index (κ1) is 14.7. The number of nitrogens with zero attached hydrogens (tertiary/aromatic N) is 2. The highest BCUT2D eigenvalue weighted by Crippen LogP contribution is 2.37. The lowest BCUT2D eigenvalue weighted by molar-refractivity contribution is -0.132. The third-order valence-electron chi connectivity index (χ3n) is 4.69. The van der Waals surface area contributed by atoms with Gasteiger partial charge in [-0.2, -0.15) is 0 Å². The van der Waals surface area contributed by atoms with E-state index in [2.05, 4.69) is 37.3 Å². The summed E-state index contributed by atoms with van der Waals surface area (Å²) in [4.78, 5) is 17.9. The first-order chi connectivity index (χ1) is 11.6. The van der Waals surface area contributed by atoms with E-state index < -0.39 is 5.97 Å². The highest BCUT2D eigenvalue weighted by atomic mass is 16.4. The van der Waals surface area contributed by atoms with Gasteiger partial charge in [-0.15, -0.1) is 0 Å². The van der Waals surface area contributed by atoms with Gasteiger partial charge in [0.2, 0.25) is 0 Å². The first-order valence-electron chi connectivity index (χ1n) is 8.09. The predicted molar refractivity (Wildman–Crippen MR) is 94.4 cm³/mol. The molecule has 4 nitrogen and oxygen atoms in total. The van der Waals surface area contributed by atoms with Crippen molar-refractivity contribution in [2.24, 2.45) is 4.99 Å². The molecular weight excluding hydrogens is 300 g/mol. The van der Waals surface area contributed by atoms with Crippen LogP contribution in [-0.4, -0.2) is 28.4 Å². The number of aliphatic carboxylic acids is 1. The summed E-state index contributed by atoms with van der Waals surface area (Å²) in [6, 6.07) is 8.35. The molecule has 1 aliphatic carbocycles. The Balaban J connectivity index is 1.68. The summed E-state index contributed by atoms with van der Waals surface area (Å²) in [7, 11) is 0. The molecule has 2 aliphatic heterocycles. The van der Waals surface area contributed by atoms with E-state index in [0.717, 1.165) is 30.9 Å². The van der Waals surface area contributed by atoms with Crippen LogP contribution in [0.3, 0.4) is 0 Å². The van der Waals surface area contributed by atoms with Crippen LogP contribution in [0, 0.1) is 6.92 Å². The molecule has 0 saturated carbocycles. The average molecular weight is 318 g/mol. The average Bonchev–Trinajstić information content (AvgIpc) is 2.96. The van der Waals surface area contributed by atoms with Crippen LogP contribution in [0.1, 0.15) is 24.0 Å². The largest absolute Gasteiger partial charge is 0.478 e. The number of aryl methyl sites for hydroxylation is 1. The molecule has 1 aromatic carbocycles. The highest BCUT2D eigenvalue weighted by molar-refractivity contribution is 6.02. The fourth-order valence-electron chi connectivity index (χ4n) is 3.34. The summed E-state index contributed by atoms with van der Waals surface area (Å²) in [5, 5.41) is 9.14. The van der Waals surface area contributed by atoms with E-state index in [9.17, 15) is 4.79 Å². The highest BCUT2D eigenvalue weighted by Gasteiger charge is 2.28. The van der Waals surface area contributed by atoms with E-state index in [4.69, 9.17) is 10.1 Å². The first-order valence-corrected chi connectivity index (χ1v) is 8.09. The molecule has 0 amide bonds. The van der Waals surface area contributed by atoms with E-state index >= 15 is 0 Å². The van der Waals surface area contributed by atoms with Gasteiger partial charge in [-0.1, -0.05) is 24.3 Å². The molecule has 0 unspecified atom stereocenters. The second-order valence-corrected chi connectivity index (χ2v) is 6.30. The third-order valence-corrected chi connectivity index (χ3v) is 4.69. The molecule has 120 valence electrons. The molecule has 2 heterocycles. The number of allylic oxidation sites excluding steroid dienone is 1. The van der Waals surface area contributed by atoms with Crippen LogP contribution >= 0.6 is 0 Å². The number of carboxylic acid groups (broad SMARTS) is 1. The Morgan fingerprint density at radius 1 is 1.25 bits per heavy atom. The van der Waals surface area contributed by atoms with Crippen molar-refractivity contribution in [1.82, 2.24) is 4.90 Å². The molecule has 3 aliphatic rings. The van der Waals surface area contributed by atoms with Gasteiger partial charge in [-0.25, -0.2) is 9.79 Å². The number of hydrogen-bond acceptors (Lipinski definition) is 3. The van der Waals surface area contributed by atoms with Gasteiger partial charge in [0.1, 0.15) is 5.84 Å². The molecule has 0 saturated heterocycles. The fourth-order valence-corrected chi connectivity index (χ4v) is 3.34. The zero-order valence-corrected chi connectivity index (χ0v) is 13.5. The summed E-state index contributed by atoms with van der Waals surface area (Å²) in [6.45, 7) is 2.84. The summed E-state index contributed by atoms with van der Waals surface area (Å²) >= 11 is 0. The standard InChI is InChI=1S/C20H18N2O2/c1-13-4-2-3-5-14(13)10-15-6-7-16-11-22-12-17(20(23)24)8-9-18(22)21-19(15)16/h2-5,8-10,12H,6-7,11H2,1H3,(H,23,24). The number of aliphatic imine (C=N–C) groups is 1. The number of carboxylic acids is 1. The van der Waals surface area contributed by atoms with Crippen molar-refractivity contribution in [3.63, 3.8) is 0 Å². The fraction of sp³-hybridized carbons (Fsp3) is 0.200. The summed E-state index contributed by atoms with van der Waals surface area (Å²) < 4.78 is 0. The van der Waals surface area contributed by atoms with Crippen LogP contribution in [0.5, 0.6) is 0 Å². The van der Waals surface area contributed by atoms with E-state index in [-0.39, 0.29) is 0 Å². The summed E-state index contributed by atoms with van der Waals surface area (Å²) in [5.41, 5.74) is 6.43. The Hall–Kier alpha value is -2.88. The summed E-state index contributed by atoms with van der Waals surface area (Å²) in [6.07, 6.45) is 9.29. The van der Waals surface area contributed by atoms with Gasteiger partial charge in [-0.05, 0) is 60.3 Å². The second-order valence-electron chi connectivity index (χ2n) is 6.30. The minimum atomic E-state index is -0.906. The molecule has 0 bridgehead atoms. The molecule has 1 aromatic rings. The molecular formula is C20H18N2O2. The van der Waals surface area contributed by atoms with Gasteiger partial charge in [0.25, 0.3) is 0 Å². The second kappa shape index (κ2) is 5.64. The Kier molecular flexibility index (Phi) is 3.45. The Morgan fingerprint density at radius 3 is 2.88 bits per heavy atom. The van der Waals surface area contributed by atoms with E-state index in [0.29, 0.717) is 5.57 Å². The van der Waals surface area contributed by atoms with Crippen molar-refractivity contribution in [2.45, 2.75) is 19.8 Å². The van der Waals surface area contributed by atoms with Crippen molar-refractivity contribution in [2.75, 3.05) is 6.54 Å². The third kappa shape index (κ3) is 2.50. The van der Waals surface area contributed by atoms with Gasteiger partial charge >= 0.3 is 5.97 Å². The van der Waals surface area contributed by atoms with E-state index in [1.54, 1.807) is 18.4 Å². The van der Waals surface area contributed by atoms with Gasteiger partial charge in [0.15, 0.2) is 0 Å². The number of rotatable bonds is 2. The topological polar surface area (TPSA) is 52.9 Å². The maximum Gasteiger partial charge on any atom is 0.337 e. The SMILES string of the molecule is Cc1ccccc1C=C1CCC2=C1N=C1C=CC(C(=O)O)=CN1C2. The van der Waals surface area contributed by atoms with E-state index in [1.807, 2.05) is 4.90 Å². The van der Waals surface area contributed by atoms with Gasteiger partial charge in [-0.3, -0.25) is 0 Å². The van der Waals surface area contributed by atoms with Crippen molar-refractivity contribution in [3.8, 4) is 0 Å². The Labute approximate surface area is 140 Å². The monoisotopic (exact) mass is 318 g/mol. The van der Waals surface area contributed by atoms with Crippen LogP contribution in [-0.2, 0) is 4.79 Å². The lowest BCUT2D eigenvalue weighted by atomic mass is 10.0. The maximum absolute atomic E-state index is 11.1. The molecule has 0 radical (unpaired) electrons. The summed E-state index contributed by atoms with van der Waals surface area (Å²) in [5.74, 6) is -0.0898. The minimum Gasteiger partial charge on any atom is -0.478 e. The molecule has 0 aromatic heterocycles. The number of carbonyl (C=O) groups is 1. The lowest BCUT2D eigenvalue weighted by Gasteiger charge is -2.28. The number of benzene rings is 1. The van der Waals surface area contributed by atoms with Crippen molar-refractivity contribution in [3.05, 3.63) is 76.2 Å². The van der Waals surface area contributed by atoms with Gasteiger partial charge in [0.05, 0.1) is 11.3 Å². The Bertz CT molecular complexity index is 885. The molecule has 0 spiro atoms. The smallest absolute Gasteiger partial charge is 0.337 e. The maximum atomic E-state index is 11.1. The predicted octanol–water partition coefficient (Wildman–Crippen LogP) is 3.68. The Morgan fingerprint density at radius 2 is 2.08 bits per heavy atom. The number of hydrogen-bond donors (Lipinski definition) is 1. The van der Waals surface area contributed by atoms with Crippen LogP contribution in [0.4, 0.5) is 0 Å². The lowest BCUT2D eigenvalue weighted by Crippen LogP contribution is -2.32. The quantitative estimate of drug-likeness (QED) is 0.905. The van der Waals surface area contributed by atoms with E-state index in [1.165, 1.54) is 22.3 Å². The van der Waals surface area contributed by atoms with Gasteiger partial charge in [0, 0.05) is 12.7 Å². The van der Waals surface area contributed by atoms with Crippen LogP contribution in [0.25, 0.3) is 6.08 Å². The van der Waals surface area contributed by atoms with Crippen LogP contribution in [0.2, 0.25) is 0 Å². The molecule has 4 heteroatoms. The van der Waals surface area contributed by atoms with Crippen molar-refractivity contribution < 1.29 is 9.90 Å². The molecule has 1 N–H and O–H groups in total. The van der Waals surface area contributed by atoms with Crippen molar-refractivity contribution >= 4 is 17.9 Å². The minimum absolute atomic E-state index is 0.298. The normalized spacial score (nSPS) is 20.7. The van der Waals surface area contributed by atoms with Crippen molar-refractivity contribution in [1.29, 1.82) is 0 Å². The number of fused-ring (bicyclic) bond motifs is 1. The molecule has 0 atom stereocenters. The van der Waals surface area contributed by atoms with Crippen LogP contribution in [0.15, 0.2) is 70.0 Å². The zero-order chi connectivity index (χ0) is 16.7. The molecule has 0 fully saturated rings. The van der Waals surface area contributed by atoms with Crippen LogP contribution < -0.4 is 0 Å². The number of amidine groups is 1. The molecule has 24 heavy (non-hydrogen) atoms.